The van der Waals surface area contributed by atoms with Crippen molar-refractivity contribution < 1.29 is 105 Å². The molecule has 0 nitrogen and oxygen atoms in total. The fourth-order valence-corrected chi connectivity index (χ4v) is 11.2. The van der Waals surface area contributed by atoms with Crippen LogP contribution in [-0.4, -0.2) is 56.1 Å². The molecule has 12 unspecified atom stereocenters. The highest BCUT2D eigenvalue weighted by Crippen LogP contribution is 2.57. The molecule has 14 atom stereocenters. The first-order chi connectivity index (χ1) is 47.9. The molecule has 0 amide bonds. The van der Waals surface area contributed by atoms with Crippen molar-refractivity contribution in [3.63, 3.8) is 0 Å². The molecule has 0 aromatic heterocycles. The average molecular weight is 1600 g/mol. The summed E-state index contributed by atoms with van der Waals surface area (Å²) >= 11 is 0. The van der Waals surface area contributed by atoms with Crippen LogP contribution in [0.25, 0.3) is 0 Å². The lowest BCUT2D eigenvalue weighted by atomic mass is 9.86. The Morgan fingerprint density at radius 3 is 0.802 bits per heavy atom. The molecular formula is C83H159F23. The zero-order valence-corrected chi connectivity index (χ0v) is 72.5. The average Bonchev–Trinajstić information content (AvgIpc) is 1.66. The predicted octanol–water partition coefficient (Wildman–Crippen LogP) is 34.9. The van der Waals surface area contributed by atoms with E-state index < -0.39 is 120 Å². The Morgan fingerprint density at radius 1 is 0.387 bits per heavy atom. The number of alkyl halides is 23. The van der Waals surface area contributed by atoms with Crippen LogP contribution in [0.15, 0.2) is 0 Å². The molecule has 0 heterocycles. The van der Waals surface area contributed by atoms with Gasteiger partial charge in [-0.2, -0.15) is 79.0 Å². The molecule has 4 saturated carbocycles. The maximum Gasteiger partial charge on any atom is 0.402 e. The predicted molar refractivity (Wildman–Crippen MR) is 402 cm³/mol. The van der Waals surface area contributed by atoms with E-state index in [1.165, 1.54) is 100 Å². The van der Waals surface area contributed by atoms with Crippen LogP contribution in [0.2, 0.25) is 0 Å². The topological polar surface area (TPSA) is 0 Å². The molecule has 4 aliphatic carbocycles. The fourth-order valence-electron chi connectivity index (χ4n) is 11.2. The summed E-state index contributed by atoms with van der Waals surface area (Å²) in [6.45, 7) is 62.9. The van der Waals surface area contributed by atoms with Crippen LogP contribution < -0.4 is 0 Å². The third kappa shape index (κ3) is 55.0. The first-order valence-corrected chi connectivity index (χ1v) is 39.0. The minimum absolute atomic E-state index is 0.0509. The Morgan fingerprint density at radius 2 is 0.726 bits per heavy atom. The first-order valence-electron chi connectivity index (χ1n) is 40.5. The third-order valence-corrected chi connectivity index (χ3v) is 21.8. The van der Waals surface area contributed by atoms with Crippen LogP contribution in [-0.2, 0) is 0 Å². The van der Waals surface area contributed by atoms with Crippen LogP contribution in [0.5, 0.6) is 0 Å². The van der Waals surface area contributed by atoms with Crippen molar-refractivity contribution in [1.82, 2.24) is 0 Å². The second kappa shape index (κ2) is 53.5. The van der Waals surface area contributed by atoms with Gasteiger partial charge in [0.05, 0.1) is 29.8 Å². The van der Waals surface area contributed by atoms with Gasteiger partial charge in [0, 0.05) is 22.4 Å². The second-order valence-electron chi connectivity index (χ2n) is 35.5. The highest BCUT2D eigenvalue weighted by Gasteiger charge is 2.66. The van der Waals surface area contributed by atoms with E-state index in [2.05, 4.69) is 104 Å². The number of hydrogen-bond donors (Lipinski definition) is 0. The van der Waals surface area contributed by atoms with E-state index >= 15 is 0 Å². The van der Waals surface area contributed by atoms with Crippen LogP contribution in [0.1, 0.15) is 356 Å². The van der Waals surface area contributed by atoms with Crippen molar-refractivity contribution in [1.29, 1.82) is 0 Å². The van der Waals surface area contributed by atoms with Gasteiger partial charge < -0.3 is 0 Å². The van der Waals surface area contributed by atoms with Crippen molar-refractivity contribution in [2.24, 2.45) is 128 Å². The Kier molecular flexibility index (Phi) is 57.0. The lowest BCUT2D eigenvalue weighted by Gasteiger charge is -2.32. The van der Waals surface area contributed by atoms with E-state index in [9.17, 15) is 101 Å². The smallest absolute Gasteiger partial charge is 0.251 e. The van der Waals surface area contributed by atoms with E-state index in [1.54, 1.807) is 20.8 Å². The van der Waals surface area contributed by atoms with Gasteiger partial charge in [-0.05, 0) is 139 Å². The van der Waals surface area contributed by atoms with E-state index in [-0.39, 0.29) is 55.5 Å². The summed E-state index contributed by atoms with van der Waals surface area (Å²) in [5.74, 6) is -7.13. The van der Waals surface area contributed by atoms with Gasteiger partial charge >= 0.3 is 37.1 Å². The second-order valence-corrected chi connectivity index (χ2v) is 35.5. The van der Waals surface area contributed by atoms with Crippen molar-refractivity contribution in [2.45, 2.75) is 401 Å². The van der Waals surface area contributed by atoms with Crippen LogP contribution in [0.4, 0.5) is 101 Å². The van der Waals surface area contributed by atoms with Crippen molar-refractivity contribution in [3.8, 4) is 0 Å². The van der Waals surface area contributed by atoms with Gasteiger partial charge in [0.2, 0.25) is 12.3 Å². The maximum absolute atomic E-state index is 12.6. The summed E-state index contributed by atoms with van der Waals surface area (Å²) in [7, 11) is 0. The Bertz CT molecular complexity index is 2110. The van der Waals surface area contributed by atoms with Crippen molar-refractivity contribution in [3.05, 3.63) is 0 Å². The molecule has 4 fully saturated rings. The molecule has 0 aromatic rings. The zero-order valence-electron chi connectivity index (χ0n) is 75.5. The molecule has 0 N–H and O–H groups in total. The highest BCUT2D eigenvalue weighted by molar-refractivity contribution is 4.97. The molecule has 0 radical (unpaired) electrons. The van der Waals surface area contributed by atoms with E-state index in [4.69, 9.17) is 4.11 Å². The molecule has 4 aliphatic rings. The number of rotatable bonds is 11. The van der Waals surface area contributed by atoms with Crippen LogP contribution >= 0.6 is 0 Å². The number of hydrogen-bond acceptors (Lipinski definition) is 0. The number of halogens is 23. The lowest BCUT2D eigenvalue weighted by molar-refractivity contribution is -0.335. The molecule has 0 saturated heterocycles. The molecule has 652 valence electrons. The molecule has 0 bridgehead atoms. The summed E-state index contributed by atoms with van der Waals surface area (Å²) in [5.41, 5.74) is -4.24. The van der Waals surface area contributed by atoms with Crippen LogP contribution in [0, 0.1) is 128 Å². The molecule has 106 heavy (non-hydrogen) atoms. The quantitative estimate of drug-likeness (QED) is 0.181. The van der Waals surface area contributed by atoms with Gasteiger partial charge in [0.15, 0.2) is 5.41 Å². The molecule has 4 rings (SSSR count). The standard InChI is InChI=1S/C10H14F6.C8H13F3.2C8H16.C7H16.C6H8F6.C6H11F3.2C6H12F2.C6H13F.2C6H14/c1-4-5(2)8(10(14,15)16)6(3)7(4)9(11,12)13;1-5-3-6(2)7(4-5)8(9,10)11;2*1-6-4-5-7(2)8(6)3;1-5-6-7(2,3)4;1-3-4(2,5(7,8)9)6(10,11)12;1-4-5(2,3)6(7,8)9;1-4-6(7,8)5(2)3;1-3-4-5(2)6(7)8;1-3-4-6(2)5-7;2*1-5-6(2,3)4/h4-8H,1-3H3;5-7H,3-4H2,1-2H3;2*6-8H,4-5H2,1-3H3;5-6H2,1-4H3;3H2,1-2H3;4H2,1-3H3;5H,4H2,1-3H3;5-6H,3-4H2,1-2H3;6H,3-5H2,1-2H3;2*5H2,1-4H3/t4-,5?,6?,7?,8?;5-,6?,7?;;;;;;;;;;/m10........../s1/i;;8D;;;;;;;;5D2;. The zero-order chi connectivity index (χ0) is 89.8. The molecule has 0 aliphatic heterocycles. The third-order valence-electron chi connectivity index (χ3n) is 21.8. The van der Waals surface area contributed by atoms with Gasteiger partial charge in [-0.1, -0.05) is 293 Å². The Labute approximate surface area is 638 Å². The lowest BCUT2D eigenvalue weighted by Crippen LogP contribution is -2.47. The minimum Gasteiger partial charge on any atom is -0.251 e. The van der Waals surface area contributed by atoms with Gasteiger partial charge in [0.25, 0.3) is 0 Å². The highest BCUT2D eigenvalue weighted by atomic mass is 19.4. The summed E-state index contributed by atoms with van der Waals surface area (Å²) in [6, 6.07) is 0. The van der Waals surface area contributed by atoms with Gasteiger partial charge in [0.1, 0.15) is 0 Å². The van der Waals surface area contributed by atoms with Crippen molar-refractivity contribution >= 4 is 0 Å². The fraction of sp³-hybridized carbons (Fsp3) is 1.00. The monoisotopic (exact) mass is 1600 g/mol. The van der Waals surface area contributed by atoms with Crippen molar-refractivity contribution in [2.75, 3.05) is 6.67 Å². The molecular weight excluding hydrogens is 1430 g/mol. The summed E-state index contributed by atoms with van der Waals surface area (Å²) in [5, 5.41) is 0. The largest absolute Gasteiger partial charge is 0.402 e. The minimum atomic E-state index is -5.24. The summed E-state index contributed by atoms with van der Waals surface area (Å²) < 4.78 is 301. The SMILES string of the molecule is CC1C(C(F)(F)F)C(C)[C@@H](C)C1C(F)(F)F.CC1CCC(C)C1C.CC1C[C@H](C)CC1C(F)(F)F.CCC(C)(C(F)(F)F)C(F)(F)F.CCC(C)(C)C.CCC(C)(C)C(F)(F)F.CCC(F)(F)C(C)C.CCCC(C)(C)C.CCCC(C)C(F)F.CCCC(C)CF.[2H]C([2H])(C)C(C)(C)C.[2H]C1(C)C(C)CCC1C. The van der Waals surface area contributed by atoms with E-state index in [1.807, 2.05) is 41.5 Å². The summed E-state index contributed by atoms with van der Waals surface area (Å²) in [4.78, 5) is 0. The molecule has 0 aromatic carbocycles. The normalized spacial score (nSPS) is 26.8. The first kappa shape index (κ1) is 113. The Balaban J connectivity index is -0.000000172. The van der Waals surface area contributed by atoms with Gasteiger partial charge in [-0.25, -0.2) is 17.6 Å². The van der Waals surface area contributed by atoms with Gasteiger partial charge in [-0.3, -0.25) is 4.39 Å². The van der Waals surface area contributed by atoms with Crippen LogP contribution in [0.3, 0.4) is 0 Å². The van der Waals surface area contributed by atoms with E-state index in [0.717, 1.165) is 57.3 Å². The molecule has 0 spiro atoms. The van der Waals surface area contributed by atoms with Gasteiger partial charge in [-0.15, -0.1) is 0 Å². The Hall–Kier alpha value is -1.61. The maximum atomic E-state index is 12.6. The molecule has 23 heteroatoms. The summed E-state index contributed by atoms with van der Waals surface area (Å²) in [6.07, 6.45) is -17.7. The van der Waals surface area contributed by atoms with E-state index in [0.29, 0.717) is 35.5 Å².